The molecule has 1 heterocycles. The van der Waals surface area contributed by atoms with E-state index in [-0.39, 0.29) is 24.2 Å². The molecule has 5 nitrogen and oxygen atoms in total. The lowest BCUT2D eigenvalue weighted by atomic mass is 9.99. The lowest BCUT2D eigenvalue weighted by Crippen LogP contribution is -2.37. The molecule has 1 aliphatic heterocycles. The smallest absolute Gasteiger partial charge is 0.228 e. The summed E-state index contributed by atoms with van der Waals surface area (Å²) < 4.78 is 10.7. The molecule has 2 N–H and O–H groups in total. The van der Waals surface area contributed by atoms with Gasteiger partial charge in [0.05, 0.1) is 19.6 Å². The number of halogens is 1. The molecule has 1 fully saturated rings. The van der Waals surface area contributed by atoms with Crippen LogP contribution in [0.25, 0.3) is 0 Å². The standard InChI is InChI=1S/C15H22N2O3.ClH/c1-3-20-13-7-6-12(9-14(13)19-2)17-15(18)11-5-4-8-16-10-11;/h6-7,9,11,16H,3-5,8,10H2,1-2H3,(H,17,18);1H. The quantitative estimate of drug-likeness (QED) is 0.876. The number of rotatable bonds is 5. The number of carbonyl (C=O) groups excluding carboxylic acids is 1. The summed E-state index contributed by atoms with van der Waals surface area (Å²) in [6.07, 6.45) is 1.98. The molecule has 0 radical (unpaired) electrons. The third-order valence-electron chi connectivity index (χ3n) is 3.40. The van der Waals surface area contributed by atoms with E-state index in [0.29, 0.717) is 18.1 Å². The van der Waals surface area contributed by atoms with Gasteiger partial charge in [-0.05, 0) is 38.4 Å². The number of benzene rings is 1. The van der Waals surface area contributed by atoms with Gasteiger partial charge in [0.25, 0.3) is 0 Å². The highest BCUT2D eigenvalue weighted by Gasteiger charge is 2.21. The zero-order valence-electron chi connectivity index (χ0n) is 12.5. The van der Waals surface area contributed by atoms with Crippen molar-refractivity contribution in [1.29, 1.82) is 0 Å². The Hall–Kier alpha value is -1.46. The van der Waals surface area contributed by atoms with Crippen LogP contribution in [0.3, 0.4) is 0 Å². The fourth-order valence-electron chi connectivity index (χ4n) is 2.34. The van der Waals surface area contributed by atoms with Crippen molar-refractivity contribution in [1.82, 2.24) is 5.32 Å². The number of piperidine rings is 1. The molecule has 1 saturated heterocycles. The highest BCUT2D eigenvalue weighted by atomic mass is 35.5. The molecule has 1 amide bonds. The van der Waals surface area contributed by atoms with E-state index < -0.39 is 0 Å². The Kier molecular flexibility index (Phi) is 7.32. The summed E-state index contributed by atoms with van der Waals surface area (Å²) in [4.78, 5) is 12.2. The van der Waals surface area contributed by atoms with Crippen LogP contribution in [0, 0.1) is 5.92 Å². The maximum Gasteiger partial charge on any atom is 0.228 e. The second kappa shape index (κ2) is 8.74. The van der Waals surface area contributed by atoms with Crippen LogP contribution in [0.4, 0.5) is 5.69 Å². The molecule has 0 aliphatic carbocycles. The molecule has 21 heavy (non-hydrogen) atoms. The minimum atomic E-state index is 0. The van der Waals surface area contributed by atoms with Crippen molar-refractivity contribution in [3.8, 4) is 11.5 Å². The Morgan fingerprint density at radius 2 is 2.24 bits per heavy atom. The van der Waals surface area contributed by atoms with Crippen LogP contribution >= 0.6 is 12.4 Å². The lowest BCUT2D eigenvalue weighted by Gasteiger charge is -2.22. The molecule has 6 heteroatoms. The predicted octanol–water partition coefficient (Wildman–Crippen LogP) is 2.45. The molecule has 0 bridgehead atoms. The van der Waals surface area contributed by atoms with Gasteiger partial charge in [0.2, 0.25) is 5.91 Å². The Balaban J connectivity index is 0.00000220. The maximum atomic E-state index is 12.2. The number of ether oxygens (including phenoxy) is 2. The van der Waals surface area contributed by atoms with Crippen LogP contribution in [0.5, 0.6) is 11.5 Å². The summed E-state index contributed by atoms with van der Waals surface area (Å²) in [7, 11) is 1.59. The minimum Gasteiger partial charge on any atom is -0.493 e. The molecule has 1 atom stereocenters. The molecule has 1 unspecified atom stereocenters. The first kappa shape index (κ1) is 17.6. The summed E-state index contributed by atoms with van der Waals surface area (Å²) >= 11 is 0. The van der Waals surface area contributed by atoms with Crippen molar-refractivity contribution in [3.63, 3.8) is 0 Å². The molecular weight excluding hydrogens is 292 g/mol. The highest BCUT2D eigenvalue weighted by molar-refractivity contribution is 5.93. The van der Waals surface area contributed by atoms with Crippen molar-refractivity contribution < 1.29 is 14.3 Å². The largest absolute Gasteiger partial charge is 0.493 e. The van der Waals surface area contributed by atoms with Crippen molar-refractivity contribution in [2.75, 3.05) is 32.1 Å². The minimum absolute atomic E-state index is 0. The number of carbonyl (C=O) groups is 1. The molecule has 0 spiro atoms. The number of nitrogens with one attached hydrogen (secondary N) is 2. The van der Waals surface area contributed by atoms with E-state index in [9.17, 15) is 4.79 Å². The summed E-state index contributed by atoms with van der Waals surface area (Å²) in [6.45, 7) is 4.25. The first-order chi connectivity index (χ1) is 9.74. The molecule has 1 aromatic rings. The van der Waals surface area contributed by atoms with E-state index in [1.54, 1.807) is 13.2 Å². The SMILES string of the molecule is CCOc1ccc(NC(=O)C2CCCNC2)cc1OC.Cl. The lowest BCUT2D eigenvalue weighted by molar-refractivity contribution is -0.120. The normalized spacial score (nSPS) is 17.5. The Morgan fingerprint density at radius 3 is 2.86 bits per heavy atom. The van der Waals surface area contributed by atoms with E-state index in [0.717, 1.165) is 31.6 Å². The molecular formula is C15H23ClN2O3. The summed E-state index contributed by atoms with van der Waals surface area (Å²) in [5.41, 5.74) is 0.737. The number of anilines is 1. The second-order valence-corrected chi connectivity index (χ2v) is 4.83. The third-order valence-corrected chi connectivity index (χ3v) is 3.40. The predicted molar refractivity (Wildman–Crippen MR) is 85.6 cm³/mol. The van der Waals surface area contributed by atoms with Crippen LogP contribution in [0.1, 0.15) is 19.8 Å². The van der Waals surface area contributed by atoms with Crippen LogP contribution in [0.15, 0.2) is 18.2 Å². The van der Waals surface area contributed by atoms with Crippen molar-refractivity contribution >= 4 is 24.0 Å². The monoisotopic (exact) mass is 314 g/mol. The summed E-state index contributed by atoms with van der Waals surface area (Å²) in [5.74, 6) is 1.42. The molecule has 118 valence electrons. The van der Waals surface area contributed by atoms with Gasteiger partial charge in [-0.1, -0.05) is 0 Å². The van der Waals surface area contributed by atoms with Crippen molar-refractivity contribution in [3.05, 3.63) is 18.2 Å². The summed E-state index contributed by atoms with van der Waals surface area (Å²) in [6, 6.07) is 5.44. The maximum absolute atomic E-state index is 12.2. The Morgan fingerprint density at radius 1 is 1.43 bits per heavy atom. The topological polar surface area (TPSA) is 59.6 Å². The number of hydrogen-bond donors (Lipinski definition) is 2. The van der Waals surface area contributed by atoms with Gasteiger partial charge >= 0.3 is 0 Å². The van der Waals surface area contributed by atoms with E-state index in [1.807, 2.05) is 19.1 Å². The van der Waals surface area contributed by atoms with Crippen LogP contribution < -0.4 is 20.1 Å². The van der Waals surface area contributed by atoms with E-state index >= 15 is 0 Å². The van der Waals surface area contributed by atoms with Crippen molar-refractivity contribution in [2.45, 2.75) is 19.8 Å². The zero-order chi connectivity index (χ0) is 14.4. The molecule has 0 aromatic heterocycles. The third kappa shape index (κ3) is 4.79. The van der Waals surface area contributed by atoms with Gasteiger partial charge in [-0.2, -0.15) is 0 Å². The first-order valence-corrected chi connectivity index (χ1v) is 7.07. The fraction of sp³-hybridized carbons (Fsp3) is 0.533. The van der Waals surface area contributed by atoms with Gasteiger partial charge < -0.3 is 20.1 Å². The van der Waals surface area contributed by atoms with Gasteiger partial charge in [0.1, 0.15) is 0 Å². The molecule has 1 aromatic carbocycles. The van der Waals surface area contributed by atoms with Crippen molar-refractivity contribution in [2.24, 2.45) is 5.92 Å². The van der Waals surface area contributed by atoms with E-state index in [1.165, 1.54) is 0 Å². The molecule has 1 aliphatic rings. The zero-order valence-corrected chi connectivity index (χ0v) is 13.3. The molecule has 0 saturated carbocycles. The van der Waals surface area contributed by atoms with Gasteiger partial charge in [0.15, 0.2) is 11.5 Å². The van der Waals surface area contributed by atoms with E-state index in [2.05, 4.69) is 10.6 Å². The molecule has 2 rings (SSSR count). The number of hydrogen-bond acceptors (Lipinski definition) is 4. The van der Waals surface area contributed by atoms with Gasteiger partial charge in [-0.3, -0.25) is 4.79 Å². The van der Waals surface area contributed by atoms with E-state index in [4.69, 9.17) is 9.47 Å². The van der Waals surface area contributed by atoms with Crippen LogP contribution in [-0.2, 0) is 4.79 Å². The van der Waals surface area contributed by atoms with Crippen LogP contribution in [0.2, 0.25) is 0 Å². The number of amides is 1. The Bertz CT molecular complexity index is 462. The van der Waals surface area contributed by atoms with Gasteiger partial charge in [-0.15, -0.1) is 12.4 Å². The van der Waals surface area contributed by atoms with Gasteiger partial charge in [-0.25, -0.2) is 0 Å². The Labute approximate surface area is 131 Å². The summed E-state index contributed by atoms with van der Waals surface area (Å²) in [5, 5.41) is 6.19. The fourth-order valence-corrected chi connectivity index (χ4v) is 2.34. The second-order valence-electron chi connectivity index (χ2n) is 4.83. The average Bonchev–Trinajstić information content (AvgIpc) is 2.50. The average molecular weight is 315 g/mol. The number of methoxy groups -OCH3 is 1. The van der Waals surface area contributed by atoms with Gasteiger partial charge in [0, 0.05) is 18.3 Å². The van der Waals surface area contributed by atoms with Crippen LogP contribution in [-0.4, -0.2) is 32.7 Å². The first-order valence-electron chi connectivity index (χ1n) is 7.07. The highest BCUT2D eigenvalue weighted by Crippen LogP contribution is 2.30.